The molecule has 104 valence electrons. The molecule has 0 spiro atoms. The Balaban J connectivity index is 2.28. The van der Waals surface area contributed by atoms with Gasteiger partial charge in [0.1, 0.15) is 6.33 Å². The normalized spacial score (nSPS) is 20.6. The van der Waals surface area contributed by atoms with Crippen LogP contribution in [0.2, 0.25) is 5.15 Å². The maximum atomic E-state index is 11.1. The SMILES string of the molecule is CCN1CCN(c2ncnc(Cl)c2[N+](=O)[O-])CC1C. The highest BCUT2D eigenvalue weighted by Crippen LogP contribution is 2.32. The molecule has 0 saturated carbocycles. The molecular weight excluding hydrogens is 270 g/mol. The van der Waals surface area contributed by atoms with Crippen LogP contribution in [0.4, 0.5) is 11.5 Å². The molecule has 1 fully saturated rings. The van der Waals surface area contributed by atoms with E-state index < -0.39 is 4.92 Å². The van der Waals surface area contributed by atoms with E-state index in [0.29, 0.717) is 24.9 Å². The van der Waals surface area contributed by atoms with Crippen molar-refractivity contribution in [2.45, 2.75) is 19.9 Å². The van der Waals surface area contributed by atoms with Crippen LogP contribution in [0.3, 0.4) is 0 Å². The molecule has 0 aliphatic carbocycles. The van der Waals surface area contributed by atoms with Gasteiger partial charge in [-0.1, -0.05) is 18.5 Å². The molecule has 19 heavy (non-hydrogen) atoms. The quantitative estimate of drug-likeness (QED) is 0.477. The molecule has 1 saturated heterocycles. The average Bonchev–Trinajstić information content (AvgIpc) is 2.37. The molecular formula is C11H16ClN5O2. The highest BCUT2D eigenvalue weighted by atomic mass is 35.5. The van der Waals surface area contributed by atoms with Crippen molar-refractivity contribution in [2.24, 2.45) is 0 Å². The third-order valence-electron chi connectivity index (χ3n) is 3.41. The summed E-state index contributed by atoms with van der Waals surface area (Å²) in [5, 5.41) is 11.0. The van der Waals surface area contributed by atoms with E-state index in [1.54, 1.807) is 0 Å². The van der Waals surface area contributed by atoms with Crippen molar-refractivity contribution in [3.8, 4) is 0 Å². The fourth-order valence-corrected chi connectivity index (χ4v) is 2.59. The fourth-order valence-electron chi connectivity index (χ4n) is 2.39. The van der Waals surface area contributed by atoms with E-state index in [1.807, 2.05) is 4.90 Å². The highest BCUT2D eigenvalue weighted by molar-refractivity contribution is 6.31. The predicted molar refractivity (Wildman–Crippen MR) is 72.6 cm³/mol. The number of hydrogen-bond donors (Lipinski definition) is 0. The van der Waals surface area contributed by atoms with Crippen LogP contribution in [-0.2, 0) is 0 Å². The van der Waals surface area contributed by atoms with Crippen molar-refractivity contribution in [1.29, 1.82) is 0 Å². The monoisotopic (exact) mass is 285 g/mol. The average molecular weight is 286 g/mol. The summed E-state index contributed by atoms with van der Waals surface area (Å²) >= 11 is 5.81. The van der Waals surface area contributed by atoms with Crippen molar-refractivity contribution in [2.75, 3.05) is 31.1 Å². The van der Waals surface area contributed by atoms with Gasteiger partial charge in [0.15, 0.2) is 0 Å². The number of piperazine rings is 1. The first kappa shape index (κ1) is 14.0. The number of halogens is 1. The van der Waals surface area contributed by atoms with Gasteiger partial charge in [-0.15, -0.1) is 0 Å². The zero-order valence-electron chi connectivity index (χ0n) is 10.9. The lowest BCUT2D eigenvalue weighted by molar-refractivity contribution is -0.384. The van der Waals surface area contributed by atoms with Gasteiger partial charge in [0.05, 0.1) is 4.92 Å². The van der Waals surface area contributed by atoms with Gasteiger partial charge >= 0.3 is 5.69 Å². The van der Waals surface area contributed by atoms with Crippen LogP contribution >= 0.6 is 11.6 Å². The molecule has 1 aliphatic rings. The van der Waals surface area contributed by atoms with Gasteiger partial charge in [0, 0.05) is 25.7 Å². The summed E-state index contributed by atoms with van der Waals surface area (Å²) in [6.07, 6.45) is 1.27. The molecule has 8 heteroatoms. The second-order valence-electron chi connectivity index (χ2n) is 4.52. The maximum Gasteiger partial charge on any atom is 0.348 e. The first-order valence-corrected chi connectivity index (χ1v) is 6.56. The van der Waals surface area contributed by atoms with Crippen molar-refractivity contribution < 1.29 is 4.92 Å². The van der Waals surface area contributed by atoms with Gasteiger partial charge in [0.25, 0.3) is 0 Å². The molecule has 7 nitrogen and oxygen atoms in total. The van der Waals surface area contributed by atoms with Gasteiger partial charge in [-0.05, 0) is 13.5 Å². The standard InChI is InChI=1S/C11H16ClN5O2/c1-3-15-4-5-16(6-8(15)2)11-9(17(18)19)10(12)13-7-14-11/h7-8H,3-6H2,1-2H3. The van der Waals surface area contributed by atoms with Crippen LogP contribution in [0.15, 0.2) is 6.33 Å². The molecule has 2 heterocycles. The molecule has 1 atom stereocenters. The Bertz CT molecular complexity index is 484. The lowest BCUT2D eigenvalue weighted by Gasteiger charge is -2.39. The van der Waals surface area contributed by atoms with Crippen molar-refractivity contribution >= 4 is 23.1 Å². The largest absolute Gasteiger partial charge is 0.348 e. The molecule has 0 aromatic carbocycles. The highest BCUT2D eigenvalue weighted by Gasteiger charge is 2.30. The summed E-state index contributed by atoms with van der Waals surface area (Å²) in [5.41, 5.74) is -0.207. The Kier molecular flexibility index (Phi) is 4.16. The fraction of sp³-hybridized carbons (Fsp3) is 0.636. The Hall–Kier alpha value is -1.47. The van der Waals surface area contributed by atoms with Crippen molar-refractivity contribution in [1.82, 2.24) is 14.9 Å². The molecule has 0 amide bonds. The third kappa shape index (κ3) is 2.76. The molecule has 1 aromatic heterocycles. The van der Waals surface area contributed by atoms with E-state index in [0.717, 1.165) is 13.1 Å². The van der Waals surface area contributed by atoms with E-state index in [-0.39, 0.29) is 10.8 Å². The van der Waals surface area contributed by atoms with E-state index in [9.17, 15) is 10.1 Å². The summed E-state index contributed by atoms with van der Waals surface area (Å²) in [7, 11) is 0. The summed E-state index contributed by atoms with van der Waals surface area (Å²) in [5.74, 6) is 0.313. The molecule has 0 N–H and O–H groups in total. The second-order valence-corrected chi connectivity index (χ2v) is 4.88. The topological polar surface area (TPSA) is 75.4 Å². The summed E-state index contributed by atoms with van der Waals surface area (Å²) in [6.45, 7) is 7.44. The zero-order chi connectivity index (χ0) is 14.0. The minimum atomic E-state index is -0.519. The number of anilines is 1. The van der Waals surface area contributed by atoms with E-state index >= 15 is 0 Å². The number of hydrogen-bond acceptors (Lipinski definition) is 6. The zero-order valence-corrected chi connectivity index (χ0v) is 11.7. The Morgan fingerprint density at radius 2 is 2.26 bits per heavy atom. The molecule has 1 aliphatic heterocycles. The van der Waals surface area contributed by atoms with Crippen molar-refractivity contribution in [3.63, 3.8) is 0 Å². The van der Waals surface area contributed by atoms with Gasteiger partial charge in [-0.25, -0.2) is 9.97 Å². The molecule has 2 rings (SSSR count). The first-order valence-electron chi connectivity index (χ1n) is 6.18. The number of nitrogens with zero attached hydrogens (tertiary/aromatic N) is 5. The van der Waals surface area contributed by atoms with Crippen LogP contribution < -0.4 is 4.90 Å². The van der Waals surface area contributed by atoms with Crippen LogP contribution in [0.25, 0.3) is 0 Å². The smallest absolute Gasteiger partial charge is 0.348 e. The minimum absolute atomic E-state index is 0.111. The van der Waals surface area contributed by atoms with E-state index in [4.69, 9.17) is 11.6 Å². The van der Waals surface area contributed by atoms with Crippen LogP contribution in [0.5, 0.6) is 0 Å². The van der Waals surface area contributed by atoms with Gasteiger partial charge in [-0.2, -0.15) is 0 Å². The number of nitro groups is 1. The second kappa shape index (κ2) is 5.66. The summed E-state index contributed by atoms with van der Waals surface area (Å²) in [4.78, 5) is 22.5. The van der Waals surface area contributed by atoms with Crippen LogP contribution in [0, 0.1) is 10.1 Å². The lowest BCUT2D eigenvalue weighted by atomic mass is 10.2. The number of likely N-dealkylation sites (N-methyl/N-ethyl adjacent to an activating group) is 1. The lowest BCUT2D eigenvalue weighted by Crippen LogP contribution is -2.52. The Labute approximate surface area is 116 Å². The van der Waals surface area contributed by atoms with E-state index in [1.165, 1.54) is 6.33 Å². The molecule has 1 unspecified atom stereocenters. The summed E-state index contributed by atoms with van der Waals surface area (Å²) < 4.78 is 0. The van der Waals surface area contributed by atoms with Gasteiger partial charge in [0.2, 0.25) is 11.0 Å². The molecule has 0 radical (unpaired) electrons. The van der Waals surface area contributed by atoms with Crippen molar-refractivity contribution in [3.05, 3.63) is 21.6 Å². The predicted octanol–water partition coefficient (Wildman–Crippen LogP) is 1.57. The molecule has 1 aromatic rings. The van der Waals surface area contributed by atoms with Crippen LogP contribution in [0.1, 0.15) is 13.8 Å². The number of aromatic nitrogens is 2. The Morgan fingerprint density at radius 1 is 1.53 bits per heavy atom. The molecule has 0 bridgehead atoms. The minimum Gasteiger partial charge on any atom is -0.348 e. The number of rotatable bonds is 3. The van der Waals surface area contributed by atoms with Crippen LogP contribution in [-0.4, -0.2) is 52.0 Å². The van der Waals surface area contributed by atoms with Gasteiger partial charge < -0.3 is 4.90 Å². The first-order chi connectivity index (χ1) is 9.04. The third-order valence-corrected chi connectivity index (χ3v) is 3.69. The van der Waals surface area contributed by atoms with Gasteiger partial charge in [-0.3, -0.25) is 15.0 Å². The summed E-state index contributed by atoms with van der Waals surface area (Å²) in [6, 6.07) is 0.326. The Morgan fingerprint density at radius 3 is 2.84 bits per heavy atom. The van der Waals surface area contributed by atoms with E-state index in [2.05, 4.69) is 28.7 Å². The maximum absolute atomic E-state index is 11.1.